The van der Waals surface area contributed by atoms with Gasteiger partial charge in [0.25, 0.3) is 0 Å². The Bertz CT molecular complexity index is 2020. The molecule has 4 aromatic carbocycles. The maximum atomic E-state index is 13.6. The summed E-state index contributed by atoms with van der Waals surface area (Å²) in [5, 5.41) is 27.2. The van der Waals surface area contributed by atoms with Crippen molar-refractivity contribution in [3.63, 3.8) is 0 Å². The molecule has 4 aromatic rings. The van der Waals surface area contributed by atoms with Gasteiger partial charge < -0.3 is 10.2 Å². The average molecular weight is 863 g/mol. The van der Waals surface area contributed by atoms with Crippen molar-refractivity contribution in [2.24, 2.45) is 0 Å². The lowest BCUT2D eigenvalue weighted by Gasteiger charge is -2.33. The molecule has 0 atom stereocenters. The Morgan fingerprint density at radius 2 is 0.328 bits per heavy atom. The Balaban J connectivity index is 2.25. The maximum Gasteiger partial charge on any atom is 0.177 e. The van der Waals surface area contributed by atoms with E-state index < -0.39 is 11.2 Å². The molecule has 346 valence electrons. The molecule has 0 saturated heterocycles. The molecule has 2 heteroatoms. The first-order valence-corrected chi connectivity index (χ1v) is 23.6. The van der Waals surface area contributed by atoms with Gasteiger partial charge in [0.15, 0.2) is 11.2 Å². The van der Waals surface area contributed by atoms with Crippen molar-refractivity contribution >= 4 is 0 Å². The third-order valence-electron chi connectivity index (χ3n) is 12.9. The summed E-state index contributed by atoms with van der Waals surface area (Å²) in [5.74, 6) is 13.2. The van der Waals surface area contributed by atoms with Crippen molar-refractivity contribution in [2.75, 3.05) is 0 Å². The van der Waals surface area contributed by atoms with Crippen LogP contribution in [0, 0.1) is 23.7 Å². The van der Waals surface area contributed by atoms with Crippen LogP contribution in [0.1, 0.15) is 233 Å². The van der Waals surface area contributed by atoms with Gasteiger partial charge in [0.1, 0.15) is 0 Å². The fraction of sp³-hybridized carbons (Fsp3) is 0.548. The van der Waals surface area contributed by atoms with Gasteiger partial charge in [-0.2, -0.15) is 0 Å². The second kappa shape index (κ2) is 17.0. The molecule has 0 aliphatic rings. The molecule has 0 spiro atoms. The minimum absolute atomic E-state index is 0.189. The van der Waals surface area contributed by atoms with Gasteiger partial charge in [0.2, 0.25) is 0 Å². The van der Waals surface area contributed by atoms with E-state index in [9.17, 15) is 10.2 Å². The summed E-state index contributed by atoms with van der Waals surface area (Å²) in [6.45, 7) is 53.2. The lowest BCUT2D eigenvalue weighted by atomic mass is 9.73. The number of aliphatic hydroxyl groups is 2. The van der Waals surface area contributed by atoms with Crippen LogP contribution < -0.4 is 0 Å². The molecule has 64 heavy (non-hydrogen) atoms. The first kappa shape index (κ1) is 52.5. The van der Waals surface area contributed by atoms with E-state index in [0.29, 0.717) is 22.3 Å². The molecule has 0 aliphatic heterocycles. The largest absolute Gasteiger partial charge is 0.369 e. The summed E-state index contributed by atoms with van der Waals surface area (Å²) in [4.78, 5) is 0. The van der Waals surface area contributed by atoms with E-state index in [2.05, 4.69) is 263 Å². The maximum absolute atomic E-state index is 13.6. The normalized spacial score (nSPS) is 13.8. The van der Waals surface area contributed by atoms with Gasteiger partial charge in [-0.25, -0.2) is 0 Å². The SMILES string of the molecule is CC(C)(C)c1cc(C(C)(C)C)cc(C(O)(C#CC#CC(O)(c2cc(C(C)(C)C)cc(C(C)(C)C)c2)c2cc(C(C)(C)C)cc(C(C)(C)C)c2)c2cc(C(C)(C)C)cc(C(C)(C)C)c2)c1. The van der Waals surface area contributed by atoms with Crippen LogP contribution in [-0.2, 0) is 54.5 Å². The number of rotatable bonds is 4. The van der Waals surface area contributed by atoms with E-state index >= 15 is 0 Å². The van der Waals surface area contributed by atoms with E-state index in [1.54, 1.807) is 0 Å². The van der Waals surface area contributed by atoms with Crippen LogP contribution in [0.2, 0.25) is 0 Å². The third kappa shape index (κ3) is 12.0. The topological polar surface area (TPSA) is 40.5 Å². The summed E-state index contributed by atoms with van der Waals surface area (Å²) in [6.07, 6.45) is 0. The Kier molecular flexibility index (Phi) is 13.9. The second-order valence-electron chi connectivity index (χ2n) is 27.1. The van der Waals surface area contributed by atoms with Crippen molar-refractivity contribution in [3.05, 3.63) is 140 Å². The average Bonchev–Trinajstić information content (AvgIpc) is 3.12. The molecular weight excluding hydrogens is 777 g/mol. The molecule has 0 heterocycles. The Hall–Kier alpha value is -4.08. The summed E-state index contributed by atoms with van der Waals surface area (Å²) in [6, 6.07) is 26.2. The van der Waals surface area contributed by atoms with Crippen molar-refractivity contribution in [2.45, 2.75) is 221 Å². The lowest BCUT2D eigenvalue weighted by Crippen LogP contribution is -2.30. The van der Waals surface area contributed by atoms with Crippen LogP contribution in [-0.4, -0.2) is 10.2 Å². The van der Waals surface area contributed by atoms with Crippen LogP contribution >= 0.6 is 0 Å². The molecule has 0 aromatic heterocycles. The van der Waals surface area contributed by atoms with Crippen molar-refractivity contribution < 1.29 is 10.2 Å². The van der Waals surface area contributed by atoms with Gasteiger partial charge in [-0.05, 0) is 112 Å². The Morgan fingerprint density at radius 3 is 0.438 bits per heavy atom. The quantitative estimate of drug-likeness (QED) is 0.201. The first-order valence-electron chi connectivity index (χ1n) is 23.6. The zero-order valence-electron chi connectivity index (χ0n) is 44.8. The van der Waals surface area contributed by atoms with Crippen LogP contribution in [0.5, 0.6) is 0 Å². The highest BCUT2D eigenvalue weighted by atomic mass is 16.3. The van der Waals surface area contributed by atoms with Gasteiger partial charge in [-0.1, -0.05) is 239 Å². The van der Waals surface area contributed by atoms with Gasteiger partial charge in [0, 0.05) is 22.3 Å². The molecule has 0 fully saturated rings. The third-order valence-corrected chi connectivity index (χ3v) is 12.9. The van der Waals surface area contributed by atoms with E-state index in [0.717, 1.165) is 44.5 Å². The fourth-order valence-corrected chi connectivity index (χ4v) is 7.68. The van der Waals surface area contributed by atoms with E-state index in [-0.39, 0.29) is 43.3 Å². The minimum Gasteiger partial charge on any atom is -0.369 e. The predicted molar refractivity (Wildman–Crippen MR) is 277 cm³/mol. The van der Waals surface area contributed by atoms with Gasteiger partial charge in [-0.3, -0.25) is 0 Å². The lowest BCUT2D eigenvalue weighted by molar-refractivity contribution is 0.143. The number of hydrogen-bond donors (Lipinski definition) is 2. The van der Waals surface area contributed by atoms with Crippen LogP contribution in [0.25, 0.3) is 0 Å². The van der Waals surface area contributed by atoms with Crippen LogP contribution in [0.15, 0.2) is 72.8 Å². The summed E-state index contributed by atoms with van der Waals surface area (Å²) in [5.41, 5.74) is 6.84. The van der Waals surface area contributed by atoms with Crippen molar-refractivity contribution in [1.82, 2.24) is 0 Å². The van der Waals surface area contributed by atoms with E-state index in [4.69, 9.17) is 0 Å². The molecule has 0 radical (unpaired) electrons. The molecule has 0 saturated carbocycles. The molecule has 0 aliphatic carbocycles. The minimum atomic E-state index is -1.74. The summed E-state index contributed by atoms with van der Waals surface area (Å²) in [7, 11) is 0. The fourth-order valence-electron chi connectivity index (χ4n) is 7.68. The predicted octanol–water partition coefficient (Wildman–Crippen LogP) is 15.2. The summed E-state index contributed by atoms with van der Waals surface area (Å²) >= 11 is 0. The molecule has 0 bridgehead atoms. The number of hydrogen-bond acceptors (Lipinski definition) is 2. The Morgan fingerprint density at radius 1 is 0.219 bits per heavy atom. The molecule has 2 nitrogen and oxygen atoms in total. The highest BCUT2D eigenvalue weighted by Crippen LogP contribution is 2.42. The zero-order valence-corrected chi connectivity index (χ0v) is 44.8. The van der Waals surface area contributed by atoms with Crippen LogP contribution in [0.3, 0.4) is 0 Å². The van der Waals surface area contributed by atoms with Crippen molar-refractivity contribution in [3.8, 4) is 23.7 Å². The number of benzene rings is 4. The molecule has 4 rings (SSSR count). The molecular formula is C62H86O2. The van der Waals surface area contributed by atoms with Gasteiger partial charge in [0.05, 0.1) is 0 Å². The Labute approximate surface area is 392 Å². The van der Waals surface area contributed by atoms with E-state index in [1.165, 1.54) is 0 Å². The van der Waals surface area contributed by atoms with Gasteiger partial charge >= 0.3 is 0 Å². The van der Waals surface area contributed by atoms with E-state index in [1.807, 2.05) is 0 Å². The summed E-state index contributed by atoms with van der Waals surface area (Å²) < 4.78 is 0. The molecule has 0 unspecified atom stereocenters. The standard InChI is InChI=1S/C62H86O2/c1-53(2,3)41-29-42(54(4,5)6)34-49(33-41)61(63,50-35-43(55(7,8)9)30-44(36-50)56(10,11)12)27-25-26-28-62(64,51-37-45(57(13,14)15)31-46(38-51)58(16,17)18)52-39-47(59(19,20)21)32-48(40-52)60(22,23)24/h29-40,63-64H,1-24H3. The van der Waals surface area contributed by atoms with Crippen molar-refractivity contribution in [1.29, 1.82) is 0 Å². The first-order chi connectivity index (χ1) is 28.5. The highest BCUT2D eigenvalue weighted by molar-refractivity contribution is 5.56. The molecule has 0 amide bonds. The molecule has 2 N–H and O–H groups in total. The second-order valence-corrected chi connectivity index (χ2v) is 27.1. The highest BCUT2D eigenvalue weighted by Gasteiger charge is 2.37. The monoisotopic (exact) mass is 863 g/mol. The van der Waals surface area contributed by atoms with Gasteiger partial charge in [-0.15, -0.1) is 0 Å². The smallest absolute Gasteiger partial charge is 0.177 e. The van der Waals surface area contributed by atoms with Crippen LogP contribution in [0.4, 0.5) is 0 Å². The zero-order chi connectivity index (χ0) is 49.2.